The largest absolute Gasteiger partial charge is 0.158 e. The number of nitrogens with zero attached hydrogens (tertiary/aromatic N) is 2. The average Bonchev–Trinajstić information content (AvgIpc) is 3.02. The molecule has 0 unspecified atom stereocenters. The van der Waals surface area contributed by atoms with Gasteiger partial charge in [0.2, 0.25) is 0 Å². The van der Waals surface area contributed by atoms with Crippen molar-refractivity contribution in [2.75, 3.05) is 0 Å². The van der Waals surface area contributed by atoms with Gasteiger partial charge in [-0.25, -0.2) is 0 Å². The summed E-state index contributed by atoms with van der Waals surface area (Å²) in [7, 11) is 0. The molecule has 2 aromatic rings. The summed E-state index contributed by atoms with van der Waals surface area (Å²) in [5, 5.41) is 10.0. The van der Waals surface area contributed by atoms with Gasteiger partial charge in [-0.05, 0) is 52.4 Å². The summed E-state index contributed by atoms with van der Waals surface area (Å²) in [6, 6.07) is 3.90. The van der Waals surface area contributed by atoms with Crippen LogP contribution in [0.3, 0.4) is 0 Å². The smallest absolute Gasteiger partial charge is 0.0944 e. The molecular formula is C11H8BrClN2. The van der Waals surface area contributed by atoms with E-state index in [1.807, 2.05) is 18.3 Å². The maximum absolute atomic E-state index is 6.09. The van der Waals surface area contributed by atoms with Crippen molar-refractivity contribution in [2.45, 2.75) is 18.8 Å². The minimum atomic E-state index is 0.667. The quantitative estimate of drug-likeness (QED) is 0.792. The molecule has 1 saturated carbocycles. The van der Waals surface area contributed by atoms with Crippen LogP contribution in [-0.2, 0) is 0 Å². The molecule has 3 rings (SSSR count). The molecule has 1 fully saturated rings. The number of aromatic nitrogens is 2. The van der Waals surface area contributed by atoms with Crippen molar-refractivity contribution in [3.05, 3.63) is 33.4 Å². The number of benzene rings is 1. The Kier molecular flexibility index (Phi) is 2.18. The van der Waals surface area contributed by atoms with Crippen LogP contribution >= 0.6 is 27.5 Å². The number of hydrogen-bond donors (Lipinski definition) is 0. The van der Waals surface area contributed by atoms with E-state index in [1.54, 1.807) is 0 Å². The zero-order chi connectivity index (χ0) is 10.4. The fourth-order valence-corrected chi connectivity index (χ4v) is 2.29. The molecule has 0 aliphatic heterocycles. The first-order chi connectivity index (χ1) is 7.25. The molecule has 1 aliphatic rings. The van der Waals surface area contributed by atoms with Crippen molar-refractivity contribution in [1.82, 2.24) is 10.2 Å². The highest BCUT2D eigenvalue weighted by Crippen LogP contribution is 2.43. The molecule has 0 saturated heterocycles. The van der Waals surface area contributed by atoms with Gasteiger partial charge in [0.25, 0.3) is 0 Å². The minimum absolute atomic E-state index is 0.667. The molecule has 1 heterocycles. The van der Waals surface area contributed by atoms with Crippen molar-refractivity contribution in [1.29, 1.82) is 0 Å². The van der Waals surface area contributed by atoms with Crippen LogP contribution in [0.1, 0.15) is 24.3 Å². The molecule has 0 amide bonds. The van der Waals surface area contributed by atoms with Crippen LogP contribution < -0.4 is 0 Å². The molecule has 0 radical (unpaired) electrons. The maximum Gasteiger partial charge on any atom is 0.0944 e. The van der Waals surface area contributed by atoms with Gasteiger partial charge >= 0.3 is 0 Å². The van der Waals surface area contributed by atoms with Gasteiger partial charge in [-0.1, -0.05) is 11.6 Å². The Hall–Kier alpha value is -0.670. The first-order valence-electron chi connectivity index (χ1n) is 4.86. The first-order valence-corrected chi connectivity index (χ1v) is 6.03. The van der Waals surface area contributed by atoms with E-state index in [9.17, 15) is 0 Å². The Labute approximate surface area is 101 Å². The number of fused-ring (bicyclic) bond motifs is 1. The minimum Gasteiger partial charge on any atom is -0.158 e. The van der Waals surface area contributed by atoms with Crippen LogP contribution in [0.4, 0.5) is 0 Å². The lowest BCUT2D eigenvalue weighted by Gasteiger charge is -2.04. The third-order valence-electron chi connectivity index (χ3n) is 2.73. The van der Waals surface area contributed by atoms with Crippen LogP contribution in [0.5, 0.6) is 0 Å². The Morgan fingerprint density at radius 1 is 1.33 bits per heavy atom. The average molecular weight is 284 g/mol. The Bertz CT molecular complexity index is 537. The van der Waals surface area contributed by atoms with Crippen molar-refractivity contribution >= 4 is 38.4 Å². The SMILES string of the molecule is Clc1cc2c(C3CC3)cnnc2cc1Br. The van der Waals surface area contributed by atoms with Crippen molar-refractivity contribution in [2.24, 2.45) is 0 Å². The number of rotatable bonds is 1. The normalized spacial score (nSPS) is 15.9. The van der Waals surface area contributed by atoms with Gasteiger partial charge < -0.3 is 0 Å². The molecule has 4 heteroatoms. The van der Waals surface area contributed by atoms with E-state index in [2.05, 4.69) is 26.1 Å². The molecular weight excluding hydrogens is 275 g/mol. The third kappa shape index (κ3) is 1.64. The fraction of sp³-hybridized carbons (Fsp3) is 0.273. The Morgan fingerprint density at radius 3 is 2.87 bits per heavy atom. The zero-order valence-corrected chi connectivity index (χ0v) is 10.2. The van der Waals surface area contributed by atoms with Gasteiger partial charge in [0.05, 0.1) is 16.7 Å². The maximum atomic E-state index is 6.09. The summed E-state index contributed by atoms with van der Waals surface area (Å²) >= 11 is 9.48. The fourth-order valence-electron chi connectivity index (χ4n) is 1.79. The Morgan fingerprint density at radius 2 is 2.13 bits per heavy atom. The highest BCUT2D eigenvalue weighted by atomic mass is 79.9. The molecule has 0 bridgehead atoms. The third-order valence-corrected chi connectivity index (χ3v) is 3.93. The molecule has 76 valence electrons. The lowest BCUT2D eigenvalue weighted by molar-refractivity contribution is 1.02. The van der Waals surface area contributed by atoms with E-state index < -0.39 is 0 Å². The van der Waals surface area contributed by atoms with E-state index in [1.165, 1.54) is 18.4 Å². The lowest BCUT2D eigenvalue weighted by Crippen LogP contribution is -1.90. The predicted octanol–water partition coefficient (Wildman–Crippen LogP) is 3.92. The zero-order valence-electron chi connectivity index (χ0n) is 7.87. The van der Waals surface area contributed by atoms with E-state index in [-0.39, 0.29) is 0 Å². The Balaban J connectivity index is 2.32. The topological polar surface area (TPSA) is 25.8 Å². The predicted molar refractivity (Wildman–Crippen MR) is 64.2 cm³/mol. The monoisotopic (exact) mass is 282 g/mol. The summed E-state index contributed by atoms with van der Waals surface area (Å²) in [5.41, 5.74) is 2.20. The molecule has 0 spiro atoms. The van der Waals surface area contributed by atoms with Crippen LogP contribution in [0.15, 0.2) is 22.8 Å². The van der Waals surface area contributed by atoms with Gasteiger partial charge in [-0.2, -0.15) is 10.2 Å². The van der Waals surface area contributed by atoms with Crippen LogP contribution in [0, 0.1) is 0 Å². The second-order valence-corrected chi connectivity index (χ2v) is 5.12. The van der Waals surface area contributed by atoms with Gasteiger partial charge in [-0.15, -0.1) is 0 Å². The molecule has 2 nitrogen and oxygen atoms in total. The molecule has 15 heavy (non-hydrogen) atoms. The second-order valence-electron chi connectivity index (χ2n) is 3.86. The van der Waals surface area contributed by atoms with Crippen molar-refractivity contribution < 1.29 is 0 Å². The van der Waals surface area contributed by atoms with Crippen LogP contribution in [-0.4, -0.2) is 10.2 Å². The van der Waals surface area contributed by atoms with Crippen molar-refractivity contribution in [3.63, 3.8) is 0 Å². The van der Waals surface area contributed by atoms with E-state index in [0.717, 1.165) is 20.4 Å². The standard InChI is InChI=1S/C11H8BrClN2/c12-9-4-11-7(3-10(9)13)8(5-14-15-11)6-1-2-6/h3-6H,1-2H2. The highest BCUT2D eigenvalue weighted by Gasteiger charge is 2.26. The number of halogens is 2. The van der Waals surface area contributed by atoms with Crippen molar-refractivity contribution in [3.8, 4) is 0 Å². The van der Waals surface area contributed by atoms with Crippen LogP contribution in [0.2, 0.25) is 5.02 Å². The first kappa shape index (κ1) is 9.55. The molecule has 1 aromatic carbocycles. The van der Waals surface area contributed by atoms with E-state index >= 15 is 0 Å². The molecule has 0 N–H and O–H groups in total. The summed E-state index contributed by atoms with van der Waals surface area (Å²) in [6.45, 7) is 0. The summed E-state index contributed by atoms with van der Waals surface area (Å²) in [4.78, 5) is 0. The summed E-state index contributed by atoms with van der Waals surface area (Å²) in [5.74, 6) is 0.667. The van der Waals surface area contributed by atoms with Gasteiger partial charge in [0.1, 0.15) is 0 Å². The second kappa shape index (κ2) is 3.42. The summed E-state index contributed by atoms with van der Waals surface area (Å²) < 4.78 is 0.874. The van der Waals surface area contributed by atoms with E-state index in [0.29, 0.717) is 5.92 Å². The highest BCUT2D eigenvalue weighted by molar-refractivity contribution is 9.10. The number of hydrogen-bond acceptors (Lipinski definition) is 2. The van der Waals surface area contributed by atoms with Gasteiger partial charge in [0, 0.05) is 9.86 Å². The lowest BCUT2D eigenvalue weighted by atomic mass is 10.1. The molecule has 1 aromatic heterocycles. The molecule has 0 atom stereocenters. The molecule has 1 aliphatic carbocycles. The van der Waals surface area contributed by atoms with E-state index in [4.69, 9.17) is 11.6 Å². The van der Waals surface area contributed by atoms with Crippen LogP contribution in [0.25, 0.3) is 10.9 Å². The van der Waals surface area contributed by atoms with Gasteiger partial charge in [-0.3, -0.25) is 0 Å². The summed E-state index contributed by atoms with van der Waals surface area (Å²) in [6.07, 6.45) is 4.38. The van der Waals surface area contributed by atoms with Gasteiger partial charge in [0.15, 0.2) is 0 Å².